The minimum atomic E-state index is -0.293. The van der Waals surface area contributed by atoms with E-state index in [2.05, 4.69) is 10.1 Å². The number of unbranched alkanes of at least 4 members (excludes halogenated alkanes) is 1. The molecule has 0 radical (unpaired) electrons. The van der Waals surface area contributed by atoms with Crippen molar-refractivity contribution in [1.82, 2.24) is 4.90 Å². The minimum absolute atomic E-state index is 0.155. The first-order chi connectivity index (χ1) is 9.86. The lowest BCUT2D eigenvalue weighted by Gasteiger charge is -2.23. The molecule has 0 spiro atoms. The Labute approximate surface area is 126 Å². The van der Waals surface area contributed by atoms with E-state index in [9.17, 15) is 4.39 Å². The van der Waals surface area contributed by atoms with E-state index < -0.39 is 0 Å². The molecular weight excluding hydrogens is 269 g/mol. The van der Waals surface area contributed by atoms with Crippen molar-refractivity contribution >= 4 is 5.84 Å². The lowest BCUT2D eigenvalue weighted by Crippen LogP contribution is -2.32. The van der Waals surface area contributed by atoms with Crippen LogP contribution in [-0.2, 0) is 6.54 Å². The van der Waals surface area contributed by atoms with Gasteiger partial charge in [0.15, 0.2) is 0 Å². The molecule has 0 atom stereocenters. The highest BCUT2D eigenvalue weighted by Gasteiger charge is 2.22. The van der Waals surface area contributed by atoms with Gasteiger partial charge in [-0.3, -0.25) is 0 Å². The Bertz CT molecular complexity index is 474. The van der Waals surface area contributed by atoms with Crippen LogP contribution in [0.25, 0.3) is 0 Å². The van der Waals surface area contributed by atoms with Crippen molar-refractivity contribution in [3.05, 3.63) is 35.6 Å². The van der Waals surface area contributed by atoms with E-state index in [1.54, 1.807) is 6.07 Å². The lowest BCUT2D eigenvalue weighted by atomic mass is 9.86. The number of amidine groups is 1. The summed E-state index contributed by atoms with van der Waals surface area (Å²) in [5, 5.41) is 11.8. The van der Waals surface area contributed by atoms with Crippen molar-refractivity contribution in [2.75, 3.05) is 13.6 Å². The third-order valence-electron chi connectivity index (χ3n) is 3.79. The fraction of sp³-hybridized carbons (Fsp3) is 0.562. The average molecular weight is 295 g/mol. The minimum Gasteiger partial charge on any atom is -0.409 e. The van der Waals surface area contributed by atoms with E-state index in [1.807, 2.05) is 33.0 Å². The van der Waals surface area contributed by atoms with Crippen LogP contribution in [0.5, 0.6) is 0 Å². The van der Waals surface area contributed by atoms with Gasteiger partial charge < -0.3 is 15.8 Å². The monoisotopic (exact) mass is 295 g/mol. The molecule has 0 saturated carbocycles. The summed E-state index contributed by atoms with van der Waals surface area (Å²) in [6.07, 6.45) is 2.83. The molecule has 5 heteroatoms. The van der Waals surface area contributed by atoms with Crippen LogP contribution in [0.1, 0.15) is 38.7 Å². The number of hydrogen-bond acceptors (Lipinski definition) is 3. The third kappa shape index (κ3) is 5.71. The molecule has 1 rings (SSSR count). The van der Waals surface area contributed by atoms with Gasteiger partial charge in [0.25, 0.3) is 0 Å². The quantitative estimate of drug-likeness (QED) is 0.254. The second-order valence-corrected chi connectivity index (χ2v) is 6.16. The Hall–Kier alpha value is -1.62. The molecule has 1 aromatic carbocycles. The summed E-state index contributed by atoms with van der Waals surface area (Å²) < 4.78 is 13.5. The van der Waals surface area contributed by atoms with Crippen molar-refractivity contribution in [2.45, 2.75) is 39.7 Å². The molecular formula is C16H26FN3O. The van der Waals surface area contributed by atoms with Gasteiger partial charge in [0.2, 0.25) is 0 Å². The Morgan fingerprint density at radius 2 is 2.00 bits per heavy atom. The molecule has 0 aliphatic carbocycles. The van der Waals surface area contributed by atoms with Crippen LogP contribution in [-0.4, -0.2) is 29.5 Å². The number of nitrogens with two attached hydrogens (primary N) is 1. The third-order valence-corrected chi connectivity index (χ3v) is 3.79. The Morgan fingerprint density at radius 1 is 1.33 bits per heavy atom. The fourth-order valence-corrected chi connectivity index (χ4v) is 2.21. The molecule has 21 heavy (non-hydrogen) atoms. The molecule has 0 heterocycles. The first-order valence-corrected chi connectivity index (χ1v) is 7.27. The molecule has 1 aromatic rings. The summed E-state index contributed by atoms with van der Waals surface area (Å²) in [5.41, 5.74) is 6.09. The van der Waals surface area contributed by atoms with E-state index in [0.29, 0.717) is 6.54 Å². The number of benzene rings is 1. The maximum atomic E-state index is 13.5. The fourth-order valence-electron chi connectivity index (χ4n) is 2.21. The lowest BCUT2D eigenvalue weighted by molar-refractivity contribution is 0.293. The second kappa shape index (κ2) is 7.98. The van der Waals surface area contributed by atoms with Crippen LogP contribution >= 0.6 is 0 Å². The Morgan fingerprint density at radius 3 is 2.62 bits per heavy atom. The van der Waals surface area contributed by atoms with Gasteiger partial charge in [-0.1, -0.05) is 43.6 Å². The van der Waals surface area contributed by atoms with E-state index in [0.717, 1.165) is 31.4 Å². The van der Waals surface area contributed by atoms with Crippen LogP contribution in [0.15, 0.2) is 29.4 Å². The van der Waals surface area contributed by atoms with Crippen molar-refractivity contribution in [1.29, 1.82) is 0 Å². The number of halogens is 1. The van der Waals surface area contributed by atoms with Crippen LogP contribution < -0.4 is 5.73 Å². The SMILES string of the molecule is CN(CCCCC(C)(C)/C(N)=N/O)Cc1ccccc1F. The van der Waals surface area contributed by atoms with Crippen LogP contribution in [0.2, 0.25) is 0 Å². The van der Waals surface area contributed by atoms with Crippen molar-refractivity contribution in [3.63, 3.8) is 0 Å². The zero-order valence-electron chi connectivity index (χ0n) is 13.1. The van der Waals surface area contributed by atoms with Gasteiger partial charge in [0.1, 0.15) is 11.7 Å². The molecule has 0 amide bonds. The molecule has 0 aromatic heterocycles. The predicted molar refractivity (Wildman–Crippen MR) is 83.8 cm³/mol. The van der Waals surface area contributed by atoms with Gasteiger partial charge >= 0.3 is 0 Å². The molecule has 118 valence electrons. The Kier molecular flexibility index (Phi) is 6.62. The van der Waals surface area contributed by atoms with Crippen molar-refractivity contribution in [3.8, 4) is 0 Å². The number of nitrogens with zero attached hydrogens (tertiary/aromatic N) is 2. The van der Waals surface area contributed by atoms with Crippen LogP contribution in [0.3, 0.4) is 0 Å². The van der Waals surface area contributed by atoms with Crippen molar-refractivity contribution in [2.24, 2.45) is 16.3 Å². The molecule has 4 nitrogen and oxygen atoms in total. The largest absolute Gasteiger partial charge is 0.409 e. The number of rotatable bonds is 8. The standard InChI is InChI=1S/C16H26FN3O/c1-16(2,15(18)19-21)10-6-7-11-20(3)12-13-8-4-5-9-14(13)17/h4-5,8-9,21H,6-7,10-12H2,1-3H3,(H2,18,19). The van der Waals surface area contributed by atoms with Gasteiger partial charge in [0.05, 0.1) is 0 Å². The molecule has 3 N–H and O–H groups in total. The highest BCUT2D eigenvalue weighted by atomic mass is 19.1. The molecule has 0 saturated heterocycles. The second-order valence-electron chi connectivity index (χ2n) is 6.16. The maximum Gasteiger partial charge on any atom is 0.144 e. The first-order valence-electron chi connectivity index (χ1n) is 7.27. The molecule has 0 aliphatic rings. The smallest absolute Gasteiger partial charge is 0.144 e. The number of oxime groups is 1. The van der Waals surface area contributed by atoms with E-state index in [-0.39, 0.29) is 17.1 Å². The van der Waals surface area contributed by atoms with Crippen LogP contribution in [0.4, 0.5) is 4.39 Å². The summed E-state index contributed by atoms with van der Waals surface area (Å²) in [7, 11) is 1.99. The number of hydrogen-bond donors (Lipinski definition) is 2. The Balaban J connectivity index is 2.32. The summed E-state index contributed by atoms with van der Waals surface area (Å²) in [4.78, 5) is 2.11. The van der Waals surface area contributed by atoms with E-state index >= 15 is 0 Å². The first kappa shape index (κ1) is 17.4. The normalized spacial score (nSPS) is 12.9. The van der Waals surface area contributed by atoms with E-state index in [4.69, 9.17) is 10.9 Å². The topological polar surface area (TPSA) is 61.8 Å². The van der Waals surface area contributed by atoms with Gasteiger partial charge in [-0.25, -0.2) is 4.39 Å². The highest BCUT2D eigenvalue weighted by molar-refractivity contribution is 5.85. The molecule has 0 fully saturated rings. The van der Waals surface area contributed by atoms with Crippen LogP contribution in [0, 0.1) is 11.2 Å². The molecule has 0 bridgehead atoms. The zero-order valence-corrected chi connectivity index (χ0v) is 13.1. The maximum absolute atomic E-state index is 13.5. The average Bonchev–Trinajstić information content (AvgIpc) is 2.45. The highest BCUT2D eigenvalue weighted by Crippen LogP contribution is 2.23. The molecule has 0 aliphatic heterocycles. The zero-order chi connectivity index (χ0) is 15.9. The summed E-state index contributed by atoms with van der Waals surface area (Å²) in [5.74, 6) is 0.111. The van der Waals surface area contributed by atoms with Gasteiger partial charge in [-0.05, 0) is 32.5 Å². The summed E-state index contributed by atoms with van der Waals surface area (Å²) in [6, 6.07) is 6.86. The van der Waals surface area contributed by atoms with Gasteiger partial charge in [0, 0.05) is 17.5 Å². The molecule has 0 unspecified atom stereocenters. The summed E-state index contributed by atoms with van der Waals surface area (Å²) in [6.45, 7) is 5.42. The van der Waals surface area contributed by atoms with E-state index in [1.165, 1.54) is 6.07 Å². The van der Waals surface area contributed by atoms with Gasteiger partial charge in [-0.2, -0.15) is 0 Å². The summed E-state index contributed by atoms with van der Waals surface area (Å²) >= 11 is 0. The van der Waals surface area contributed by atoms with Gasteiger partial charge in [-0.15, -0.1) is 0 Å². The predicted octanol–water partition coefficient (Wildman–Crippen LogP) is 3.20. The van der Waals surface area contributed by atoms with Crippen molar-refractivity contribution < 1.29 is 9.60 Å².